The monoisotopic (exact) mass is 447 g/mol. The van der Waals surface area contributed by atoms with Crippen molar-refractivity contribution in [2.45, 2.75) is 52.4 Å². The molecule has 2 N–H and O–H groups in total. The summed E-state index contributed by atoms with van der Waals surface area (Å²) in [7, 11) is 0. The van der Waals surface area contributed by atoms with E-state index in [0.29, 0.717) is 10.6 Å². The molecule has 32 heavy (non-hydrogen) atoms. The normalized spacial score (nSPS) is 10.7. The average molecular weight is 448 g/mol. The first kappa shape index (κ1) is 23.6. The minimum atomic E-state index is 0.224. The zero-order valence-electron chi connectivity index (χ0n) is 18.8. The summed E-state index contributed by atoms with van der Waals surface area (Å²) < 4.78 is 5.90. The highest BCUT2D eigenvalue weighted by molar-refractivity contribution is 6.30. The average Bonchev–Trinajstić information content (AvgIpc) is 2.80. The number of aromatic nitrogens is 1. The molecule has 5 heteroatoms. The Bertz CT molecular complexity index is 1070. The minimum Gasteiger partial charge on any atom is -0.494 e. The predicted molar refractivity (Wildman–Crippen MR) is 133 cm³/mol. The molecule has 2 aromatic carbocycles. The van der Waals surface area contributed by atoms with Gasteiger partial charge in [0.2, 0.25) is 0 Å². The van der Waals surface area contributed by atoms with Gasteiger partial charge in [0.15, 0.2) is 0 Å². The van der Waals surface area contributed by atoms with Crippen molar-refractivity contribution in [3.8, 4) is 34.2 Å². The molecule has 1 aromatic heterocycles. The first-order valence-electron chi connectivity index (χ1n) is 11.2. The first-order chi connectivity index (χ1) is 15.5. The van der Waals surface area contributed by atoms with Gasteiger partial charge in [0.1, 0.15) is 23.2 Å². The van der Waals surface area contributed by atoms with Gasteiger partial charge >= 0.3 is 0 Å². The number of benzene rings is 2. The van der Waals surface area contributed by atoms with E-state index >= 15 is 0 Å². The number of halogens is 1. The van der Waals surface area contributed by atoms with Crippen molar-refractivity contribution < 1.29 is 4.74 Å². The Hall–Kier alpha value is -3.03. The van der Waals surface area contributed by atoms with Gasteiger partial charge in [0.05, 0.1) is 12.3 Å². The fraction of sp³-hybridized carbons (Fsp3) is 0.333. The van der Waals surface area contributed by atoms with Crippen LogP contribution in [0, 0.1) is 18.3 Å². The third-order valence-electron chi connectivity index (χ3n) is 5.61. The number of rotatable bonds is 10. The van der Waals surface area contributed by atoms with E-state index in [1.54, 1.807) is 0 Å². The summed E-state index contributed by atoms with van der Waals surface area (Å²) in [6.45, 7) is 4.92. The fourth-order valence-electron chi connectivity index (χ4n) is 3.85. The van der Waals surface area contributed by atoms with E-state index in [1.165, 1.54) is 32.1 Å². The van der Waals surface area contributed by atoms with Crippen LogP contribution in [-0.4, -0.2) is 11.6 Å². The van der Waals surface area contributed by atoms with E-state index in [1.807, 2.05) is 55.5 Å². The molecule has 0 fully saturated rings. The van der Waals surface area contributed by atoms with Crippen LogP contribution in [0.4, 0.5) is 5.82 Å². The van der Waals surface area contributed by atoms with E-state index in [-0.39, 0.29) is 5.82 Å². The summed E-state index contributed by atoms with van der Waals surface area (Å²) in [6, 6.07) is 17.5. The second kappa shape index (κ2) is 11.5. The Labute approximate surface area is 196 Å². The van der Waals surface area contributed by atoms with Crippen LogP contribution >= 0.6 is 11.6 Å². The van der Waals surface area contributed by atoms with Crippen molar-refractivity contribution in [3.63, 3.8) is 0 Å². The molecule has 0 spiro atoms. The van der Waals surface area contributed by atoms with Gasteiger partial charge in [-0.2, -0.15) is 5.26 Å². The summed E-state index contributed by atoms with van der Waals surface area (Å²) in [5.41, 5.74) is 10.8. The maximum absolute atomic E-state index is 9.75. The molecule has 0 unspecified atom stereocenters. The highest BCUT2D eigenvalue weighted by Gasteiger charge is 2.18. The number of nitrogen functional groups attached to an aromatic ring is 1. The maximum Gasteiger partial charge on any atom is 0.142 e. The van der Waals surface area contributed by atoms with Gasteiger partial charge in [-0.3, -0.25) is 0 Å². The molecule has 0 saturated carbocycles. The number of hydrogen-bond acceptors (Lipinski definition) is 4. The molecule has 0 aliphatic carbocycles. The molecule has 4 nitrogen and oxygen atoms in total. The largest absolute Gasteiger partial charge is 0.494 e. The lowest BCUT2D eigenvalue weighted by Crippen LogP contribution is -2.03. The van der Waals surface area contributed by atoms with Crippen molar-refractivity contribution in [1.29, 1.82) is 5.26 Å². The van der Waals surface area contributed by atoms with Crippen LogP contribution in [0.25, 0.3) is 22.4 Å². The van der Waals surface area contributed by atoms with Crippen LogP contribution in [0.15, 0.2) is 48.5 Å². The zero-order valence-corrected chi connectivity index (χ0v) is 19.6. The molecule has 0 saturated heterocycles. The third-order valence-corrected chi connectivity index (χ3v) is 5.86. The molecule has 166 valence electrons. The Morgan fingerprint density at radius 1 is 0.938 bits per heavy atom. The Morgan fingerprint density at radius 3 is 2.22 bits per heavy atom. The van der Waals surface area contributed by atoms with E-state index in [2.05, 4.69) is 18.0 Å². The van der Waals surface area contributed by atoms with Crippen LogP contribution in [0.2, 0.25) is 5.02 Å². The van der Waals surface area contributed by atoms with Crippen molar-refractivity contribution in [3.05, 3.63) is 64.7 Å². The number of nitrogens with two attached hydrogens (primary N) is 1. The quantitative estimate of drug-likeness (QED) is 0.325. The molecule has 0 bridgehead atoms. The summed E-state index contributed by atoms with van der Waals surface area (Å²) >= 11 is 6.03. The fourth-order valence-corrected chi connectivity index (χ4v) is 3.97. The maximum atomic E-state index is 9.75. The second-order valence-electron chi connectivity index (χ2n) is 7.98. The lowest BCUT2D eigenvalue weighted by atomic mass is 9.93. The molecular formula is C27H30ClN3O. The van der Waals surface area contributed by atoms with E-state index < -0.39 is 0 Å². The highest BCUT2D eigenvalue weighted by atomic mass is 35.5. The molecule has 0 radical (unpaired) electrons. The predicted octanol–water partition coefficient (Wildman–Crippen LogP) is 7.57. The van der Waals surface area contributed by atoms with Gasteiger partial charge in [-0.25, -0.2) is 4.98 Å². The van der Waals surface area contributed by atoms with Crippen LogP contribution in [-0.2, 0) is 0 Å². The summed E-state index contributed by atoms with van der Waals surface area (Å²) in [5.74, 6) is 1.06. The summed E-state index contributed by atoms with van der Waals surface area (Å²) in [4.78, 5) is 4.51. The Balaban J connectivity index is 1.79. The van der Waals surface area contributed by atoms with Gasteiger partial charge in [-0.05, 0) is 48.7 Å². The number of pyridine rings is 1. The van der Waals surface area contributed by atoms with E-state index in [0.717, 1.165) is 46.7 Å². The van der Waals surface area contributed by atoms with Crippen LogP contribution in [0.1, 0.15) is 56.6 Å². The van der Waals surface area contributed by atoms with Gasteiger partial charge in [0, 0.05) is 16.1 Å². The van der Waals surface area contributed by atoms with Crippen LogP contribution in [0.5, 0.6) is 5.75 Å². The number of nitrogens with zero attached hydrogens (tertiary/aromatic N) is 2. The Kier molecular flexibility index (Phi) is 8.53. The van der Waals surface area contributed by atoms with Gasteiger partial charge in [-0.15, -0.1) is 0 Å². The zero-order chi connectivity index (χ0) is 22.9. The highest BCUT2D eigenvalue weighted by Crippen LogP contribution is 2.36. The van der Waals surface area contributed by atoms with Gasteiger partial charge in [0.25, 0.3) is 0 Å². The van der Waals surface area contributed by atoms with E-state index in [4.69, 9.17) is 22.1 Å². The van der Waals surface area contributed by atoms with Gasteiger partial charge < -0.3 is 10.5 Å². The third kappa shape index (κ3) is 5.81. The van der Waals surface area contributed by atoms with Crippen molar-refractivity contribution in [2.24, 2.45) is 0 Å². The summed E-state index contributed by atoms with van der Waals surface area (Å²) in [6.07, 6.45) is 7.41. The van der Waals surface area contributed by atoms with Gasteiger partial charge in [-0.1, -0.05) is 74.9 Å². The number of hydrogen-bond donors (Lipinski definition) is 1. The van der Waals surface area contributed by atoms with Crippen molar-refractivity contribution >= 4 is 17.4 Å². The minimum absolute atomic E-state index is 0.224. The summed E-state index contributed by atoms with van der Waals surface area (Å²) in [5, 5.41) is 10.4. The molecule has 3 rings (SSSR count). The molecule has 1 heterocycles. The molecule has 0 aliphatic heterocycles. The Morgan fingerprint density at radius 2 is 1.56 bits per heavy atom. The molecular weight excluding hydrogens is 418 g/mol. The molecule has 3 aromatic rings. The SMILES string of the molecule is CCCCCCCCOc1ccc(-c2c(C)c(-c3ccc(Cl)cc3)nc(N)c2C#N)cc1. The topological polar surface area (TPSA) is 71.9 Å². The lowest BCUT2D eigenvalue weighted by Gasteiger charge is -2.15. The number of nitriles is 1. The first-order valence-corrected chi connectivity index (χ1v) is 11.6. The second-order valence-corrected chi connectivity index (χ2v) is 8.42. The molecule has 0 atom stereocenters. The lowest BCUT2D eigenvalue weighted by molar-refractivity contribution is 0.304. The number of anilines is 1. The molecule has 0 aliphatic rings. The number of unbranched alkanes of at least 4 members (excludes halogenated alkanes) is 5. The van der Waals surface area contributed by atoms with E-state index in [9.17, 15) is 5.26 Å². The van der Waals surface area contributed by atoms with Crippen molar-refractivity contribution in [2.75, 3.05) is 12.3 Å². The smallest absolute Gasteiger partial charge is 0.142 e. The van der Waals surface area contributed by atoms with Crippen LogP contribution in [0.3, 0.4) is 0 Å². The standard InChI is InChI=1S/C27H30ClN3O/c1-3-4-5-6-7-8-17-32-23-15-11-20(12-16-23)25-19(2)26(31-27(30)24(25)18-29)21-9-13-22(28)14-10-21/h9-16H,3-8,17H2,1-2H3,(H2,30,31). The number of ether oxygens (including phenoxy) is 1. The molecule has 0 amide bonds. The van der Waals surface area contributed by atoms with Crippen molar-refractivity contribution in [1.82, 2.24) is 4.98 Å². The van der Waals surface area contributed by atoms with Crippen LogP contribution < -0.4 is 10.5 Å².